The van der Waals surface area contributed by atoms with Gasteiger partial charge in [-0.1, -0.05) is 43.3 Å². The van der Waals surface area contributed by atoms with Crippen molar-refractivity contribution in [2.24, 2.45) is 21.1 Å². The van der Waals surface area contributed by atoms with Gasteiger partial charge < -0.3 is 14.3 Å². The van der Waals surface area contributed by atoms with Gasteiger partial charge in [0.05, 0.1) is 26.2 Å². The van der Waals surface area contributed by atoms with Gasteiger partial charge in [-0.05, 0) is 37.6 Å². The molecule has 0 bridgehead atoms. The van der Waals surface area contributed by atoms with Gasteiger partial charge in [0.1, 0.15) is 24.2 Å². The van der Waals surface area contributed by atoms with Crippen LogP contribution in [0.3, 0.4) is 0 Å². The van der Waals surface area contributed by atoms with Crippen LogP contribution in [0.4, 0.5) is 0 Å². The first-order valence-corrected chi connectivity index (χ1v) is 9.12. The van der Waals surface area contributed by atoms with Crippen LogP contribution >= 0.6 is 0 Å². The maximum Gasteiger partial charge on any atom is 0.341 e. The highest BCUT2D eigenvalue weighted by atomic mass is 16.6. The SMILES string of the molecule is C=NC=NC(/C(C)=N\OCc1ccccc1/C(=C\OC)C(=O)OC)=C(/C)C(C)C. The molecular weight excluding hydrogens is 370 g/mol. The van der Waals surface area contributed by atoms with Crippen molar-refractivity contribution in [2.45, 2.75) is 34.3 Å². The Balaban J connectivity index is 3.14. The Morgan fingerprint density at radius 2 is 1.90 bits per heavy atom. The van der Waals surface area contributed by atoms with Gasteiger partial charge in [0, 0.05) is 5.56 Å². The molecule has 0 aliphatic heterocycles. The number of esters is 1. The summed E-state index contributed by atoms with van der Waals surface area (Å²) in [5.41, 5.74) is 4.10. The van der Waals surface area contributed by atoms with Gasteiger partial charge in [0.2, 0.25) is 0 Å². The minimum absolute atomic E-state index is 0.156. The number of aliphatic imine (C=N–C) groups is 2. The monoisotopic (exact) mass is 399 g/mol. The average Bonchev–Trinajstić information content (AvgIpc) is 2.72. The molecular formula is C22H29N3O4. The molecule has 7 nitrogen and oxygen atoms in total. The fourth-order valence-electron chi connectivity index (χ4n) is 2.45. The molecule has 0 atom stereocenters. The van der Waals surface area contributed by atoms with E-state index in [0.29, 0.717) is 28.5 Å². The number of benzene rings is 1. The molecule has 0 unspecified atom stereocenters. The van der Waals surface area contributed by atoms with E-state index in [9.17, 15) is 4.79 Å². The van der Waals surface area contributed by atoms with Crippen LogP contribution in [0.2, 0.25) is 0 Å². The normalized spacial score (nSPS) is 13.3. The minimum Gasteiger partial charge on any atom is -0.503 e. The predicted octanol–water partition coefficient (Wildman–Crippen LogP) is 4.40. The topological polar surface area (TPSA) is 81.8 Å². The molecule has 0 aliphatic carbocycles. The maximum atomic E-state index is 12.1. The first-order chi connectivity index (χ1) is 13.9. The largest absolute Gasteiger partial charge is 0.503 e. The minimum atomic E-state index is -0.497. The van der Waals surface area contributed by atoms with Crippen LogP contribution in [0.5, 0.6) is 0 Å². The Bertz CT molecular complexity index is 836. The molecule has 29 heavy (non-hydrogen) atoms. The number of oxime groups is 1. The van der Waals surface area contributed by atoms with Crippen LogP contribution in [-0.4, -0.2) is 39.0 Å². The quantitative estimate of drug-likeness (QED) is 0.146. The number of methoxy groups -OCH3 is 2. The summed E-state index contributed by atoms with van der Waals surface area (Å²) in [6.07, 6.45) is 2.73. The molecule has 0 saturated heterocycles. The summed E-state index contributed by atoms with van der Waals surface area (Å²) in [5, 5.41) is 4.20. The van der Waals surface area contributed by atoms with E-state index in [2.05, 4.69) is 35.7 Å². The fourth-order valence-corrected chi connectivity index (χ4v) is 2.45. The number of rotatable bonds is 10. The van der Waals surface area contributed by atoms with E-state index in [0.717, 1.165) is 11.1 Å². The number of hydrogen-bond acceptors (Lipinski definition) is 6. The molecule has 0 aromatic heterocycles. The third-order valence-corrected chi connectivity index (χ3v) is 4.22. The van der Waals surface area contributed by atoms with Crippen molar-refractivity contribution in [1.82, 2.24) is 0 Å². The van der Waals surface area contributed by atoms with Crippen molar-refractivity contribution in [3.05, 3.63) is 52.9 Å². The highest BCUT2D eigenvalue weighted by Crippen LogP contribution is 2.22. The van der Waals surface area contributed by atoms with Gasteiger partial charge in [0.25, 0.3) is 0 Å². The van der Waals surface area contributed by atoms with Crippen molar-refractivity contribution in [3.63, 3.8) is 0 Å². The van der Waals surface area contributed by atoms with E-state index in [1.165, 1.54) is 26.8 Å². The number of ether oxygens (including phenoxy) is 2. The summed E-state index contributed by atoms with van der Waals surface area (Å²) in [7, 11) is 2.79. The second kappa shape index (κ2) is 12.3. The second-order valence-corrected chi connectivity index (χ2v) is 6.48. The molecule has 0 fully saturated rings. The molecule has 0 N–H and O–H groups in total. The van der Waals surface area contributed by atoms with Gasteiger partial charge in [-0.25, -0.2) is 9.79 Å². The molecule has 1 aromatic carbocycles. The highest BCUT2D eigenvalue weighted by Gasteiger charge is 2.17. The van der Waals surface area contributed by atoms with Crippen LogP contribution in [0.1, 0.15) is 38.8 Å². The van der Waals surface area contributed by atoms with Crippen LogP contribution < -0.4 is 0 Å². The van der Waals surface area contributed by atoms with Crippen molar-refractivity contribution >= 4 is 30.3 Å². The molecule has 156 valence electrons. The molecule has 7 heteroatoms. The van der Waals surface area contributed by atoms with Crippen LogP contribution in [0.15, 0.2) is 56.9 Å². The van der Waals surface area contributed by atoms with Crippen molar-refractivity contribution in [2.75, 3.05) is 14.2 Å². The Labute approximate surface area is 172 Å². The summed E-state index contributed by atoms with van der Waals surface area (Å²) in [6.45, 7) is 11.5. The predicted molar refractivity (Wildman–Crippen MR) is 117 cm³/mol. The van der Waals surface area contributed by atoms with Crippen molar-refractivity contribution in [1.29, 1.82) is 0 Å². The Morgan fingerprint density at radius 1 is 1.21 bits per heavy atom. The second-order valence-electron chi connectivity index (χ2n) is 6.48. The standard InChI is InChI=1S/C22H29N3O4/c1-15(2)16(3)21(24-14-23-5)17(4)25-29-12-18-10-8-9-11-19(18)20(13-27-6)22(26)28-7/h8-11,13-15H,5,12H2,1-4,6-7H3/b20-13+,21-16-,24-14?,25-17-. The average molecular weight is 399 g/mol. The molecule has 0 aliphatic rings. The summed E-state index contributed by atoms with van der Waals surface area (Å²) >= 11 is 0. The van der Waals surface area contributed by atoms with E-state index < -0.39 is 5.97 Å². The molecule has 0 amide bonds. The Morgan fingerprint density at radius 3 is 2.48 bits per heavy atom. The summed E-state index contributed by atoms with van der Waals surface area (Å²) < 4.78 is 9.87. The van der Waals surface area contributed by atoms with Gasteiger partial charge in [-0.15, -0.1) is 0 Å². The number of nitrogens with zero attached hydrogens (tertiary/aromatic N) is 3. The van der Waals surface area contributed by atoms with Crippen LogP contribution in [-0.2, 0) is 25.7 Å². The number of carbonyl (C=O) groups excluding carboxylic acids is 1. The van der Waals surface area contributed by atoms with Crippen LogP contribution in [0, 0.1) is 5.92 Å². The lowest BCUT2D eigenvalue weighted by atomic mass is 10.0. The van der Waals surface area contributed by atoms with Gasteiger partial charge >= 0.3 is 5.97 Å². The zero-order valence-corrected chi connectivity index (χ0v) is 17.9. The van der Waals surface area contributed by atoms with E-state index in [1.807, 2.05) is 32.0 Å². The third kappa shape index (κ3) is 7.03. The summed E-state index contributed by atoms with van der Waals surface area (Å²) in [5.74, 6) is -0.206. The number of allylic oxidation sites excluding steroid dienone is 2. The lowest BCUT2D eigenvalue weighted by molar-refractivity contribution is -0.133. The summed E-state index contributed by atoms with van der Waals surface area (Å²) in [6, 6.07) is 7.33. The number of hydrogen-bond donors (Lipinski definition) is 0. The maximum absolute atomic E-state index is 12.1. The molecule has 0 heterocycles. The van der Waals surface area contributed by atoms with Crippen molar-refractivity contribution in [3.8, 4) is 0 Å². The van der Waals surface area contributed by atoms with E-state index in [-0.39, 0.29) is 6.61 Å². The summed E-state index contributed by atoms with van der Waals surface area (Å²) in [4.78, 5) is 25.6. The first-order valence-electron chi connectivity index (χ1n) is 9.12. The third-order valence-electron chi connectivity index (χ3n) is 4.22. The van der Waals surface area contributed by atoms with Crippen LogP contribution in [0.25, 0.3) is 5.57 Å². The van der Waals surface area contributed by atoms with E-state index in [1.54, 1.807) is 6.07 Å². The zero-order valence-electron chi connectivity index (χ0n) is 17.9. The van der Waals surface area contributed by atoms with E-state index in [4.69, 9.17) is 14.3 Å². The lowest BCUT2D eigenvalue weighted by Gasteiger charge is -2.12. The molecule has 1 rings (SSSR count). The van der Waals surface area contributed by atoms with Gasteiger partial charge in [-0.3, -0.25) is 4.99 Å². The lowest BCUT2D eigenvalue weighted by Crippen LogP contribution is -2.08. The molecule has 0 radical (unpaired) electrons. The Hall–Kier alpha value is -3.22. The Kier molecular flexibility index (Phi) is 10.1. The fraction of sp³-hybridized carbons (Fsp3) is 0.364. The first kappa shape index (κ1) is 23.8. The van der Waals surface area contributed by atoms with Gasteiger partial charge in [0.15, 0.2) is 0 Å². The molecule has 0 spiro atoms. The zero-order chi connectivity index (χ0) is 21.8. The molecule has 1 aromatic rings. The van der Waals surface area contributed by atoms with Crippen molar-refractivity contribution < 1.29 is 19.1 Å². The van der Waals surface area contributed by atoms with Gasteiger partial charge in [-0.2, -0.15) is 0 Å². The van der Waals surface area contributed by atoms with E-state index >= 15 is 0 Å². The smallest absolute Gasteiger partial charge is 0.341 e. The highest BCUT2D eigenvalue weighted by molar-refractivity contribution is 6.16. The molecule has 0 saturated carbocycles. The number of carbonyl (C=O) groups is 1.